The topological polar surface area (TPSA) is 53.0 Å². The van der Waals surface area contributed by atoms with Crippen LogP contribution < -0.4 is 0 Å². The van der Waals surface area contributed by atoms with Crippen molar-refractivity contribution in [1.29, 1.82) is 0 Å². The molecule has 0 amide bonds. The van der Waals surface area contributed by atoms with Crippen LogP contribution in [-0.4, -0.2) is 22.4 Å². The zero-order valence-electron chi connectivity index (χ0n) is 12.2. The fourth-order valence-corrected chi connectivity index (χ4v) is 4.40. The van der Waals surface area contributed by atoms with E-state index < -0.39 is 12.2 Å². The molecule has 0 radical (unpaired) electrons. The minimum Gasteiger partial charge on any atom is -0.387 e. The van der Waals surface area contributed by atoms with Gasteiger partial charge in [-0.1, -0.05) is 42.5 Å². The molecule has 3 nitrogen and oxygen atoms in total. The van der Waals surface area contributed by atoms with Crippen LogP contribution in [-0.2, 0) is 4.74 Å². The van der Waals surface area contributed by atoms with E-state index in [1.807, 2.05) is 6.07 Å². The molecule has 2 aliphatic rings. The summed E-state index contributed by atoms with van der Waals surface area (Å²) in [6.07, 6.45) is -2.07. The Balaban J connectivity index is 1.86. The molecule has 0 saturated carbocycles. The van der Waals surface area contributed by atoms with Gasteiger partial charge >= 0.3 is 0 Å². The first-order chi connectivity index (χ1) is 11.2. The highest BCUT2D eigenvalue weighted by Gasteiger charge is 2.54. The molecular formula is C20H14O3. The molecule has 23 heavy (non-hydrogen) atoms. The van der Waals surface area contributed by atoms with Crippen LogP contribution >= 0.6 is 0 Å². The molecule has 4 aromatic carbocycles. The van der Waals surface area contributed by atoms with Gasteiger partial charge in [-0.05, 0) is 49.5 Å². The predicted octanol–water partition coefficient (Wildman–Crippen LogP) is 3.43. The van der Waals surface area contributed by atoms with Gasteiger partial charge in [-0.2, -0.15) is 0 Å². The summed E-state index contributed by atoms with van der Waals surface area (Å²) in [6.45, 7) is 0. The van der Waals surface area contributed by atoms with E-state index in [4.69, 9.17) is 4.74 Å². The Labute approximate surface area is 132 Å². The van der Waals surface area contributed by atoms with Gasteiger partial charge in [0.2, 0.25) is 0 Å². The Hall–Kier alpha value is -2.20. The van der Waals surface area contributed by atoms with Crippen molar-refractivity contribution < 1.29 is 14.9 Å². The quantitative estimate of drug-likeness (QED) is 0.386. The highest BCUT2D eigenvalue weighted by molar-refractivity contribution is 6.23. The van der Waals surface area contributed by atoms with Crippen LogP contribution in [0, 0.1) is 0 Å². The summed E-state index contributed by atoms with van der Waals surface area (Å²) in [5.74, 6) is 0. The van der Waals surface area contributed by atoms with Crippen LogP contribution in [0.5, 0.6) is 0 Å². The molecule has 0 aromatic heterocycles. The average Bonchev–Trinajstić information content (AvgIpc) is 3.37. The van der Waals surface area contributed by atoms with Crippen molar-refractivity contribution in [2.75, 3.05) is 0 Å². The van der Waals surface area contributed by atoms with Gasteiger partial charge in [-0.25, -0.2) is 0 Å². The summed E-state index contributed by atoms with van der Waals surface area (Å²) in [6, 6.07) is 16.9. The lowest BCUT2D eigenvalue weighted by Gasteiger charge is -2.25. The van der Waals surface area contributed by atoms with Crippen LogP contribution in [0.15, 0.2) is 48.5 Å². The zero-order chi connectivity index (χ0) is 15.3. The van der Waals surface area contributed by atoms with E-state index in [1.54, 1.807) is 0 Å². The Bertz CT molecular complexity index is 1080. The van der Waals surface area contributed by atoms with Crippen molar-refractivity contribution in [3.8, 4) is 0 Å². The maximum Gasteiger partial charge on any atom is 0.118 e. The first-order valence-electron chi connectivity index (χ1n) is 7.96. The molecule has 0 bridgehead atoms. The number of rotatable bonds is 0. The van der Waals surface area contributed by atoms with Crippen molar-refractivity contribution in [2.24, 2.45) is 0 Å². The van der Waals surface area contributed by atoms with Gasteiger partial charge in [0, 0.05) is 0 Å². The van der Waals surface area contributed by atoms with E-state index in [-0.39, 0.29) is 12.2 Å². The maximum atomic E-state index is 10.5. The lowest BCUT2D eigenvalue weighted by Crippen LogP contribution is -2.29. The number of hydrogen-bond donors (Lipinski definition) is 2. The summed E-state index contributed by atoms with van der Waals surface area (Å²) >= 11 is 0. The highest BCUT2D eigenvalue weighted by Crippen LogP contribution is 2.54. The third-order valence-electron chi connectivity index (χ3n) is 5.51. The van der Waals surface area contributed by atoms with Gasteiger partial charge < -0.3 is 14.9 Å². The van der Waals surface area contributed by atoms with E-state index in [2.05, 4.69) is 42.5 Å². The smallest absolute Gasteiger partial charge is 0.118 e. The largest absolute Gasteiger partial charge is 0.387 e. The van der Waals surface area contributed by atoms with Crippen LogP contribution in [0.4, 0.5) is 0 Å². The summed E-state index contributed by atoms with van der Waals surface area (Å²) in [5.41, 5.74) is 1.86. The molecule has 1 unspecified atom stereocenters. The number of benzene rings is 4. The number of aliphatic hydroxyl groups is 2. The molecule has 4 aromatic rings. The molecule has 1 aliphatic carbocycles. The van der Waals surface area contributed by atoms with E-state index >= 15 is 0 Å². The second-order valence-corrected chi connectivity index (χ2v) is 6.69. The molecule has 6 rings (SSSR count). The molecule has 3 heteroatoms. The predicted molar refractivity (Wildman–Crippen MR) is 88.7 cm³/mol. The molecule has 1 fully saturated rings. The van der Waals surface area contributed by atoms with Crippen LogP contribution in [0.25, 0.3) is 32.3 Å². The Morgan fingerprint density at radius 1 is 0.826 bits per heavy atom. The van der Waals surface area contributed by atoms with Crippen molar-refractivity contribution in [2.45, 2.75) is 24.4 Å². The Morgan fingerprint density at radius 2 is 1.57 bits per heavy atom. The third kappa shape index (κ3) is 1.36. The molecule has 4 atom stereocenters. The zero-order valence-corrected chi connectivity index (χ0v) is 12.2. The standard InChI is InChI=1S/C20H14O3/c21-17-13-8-11-5-4-9-2-1-3-10-6-7-12(15(11)14(9)10)16(13)19-20(23-19)18(17)22/h1-8,17-22H/t17-,18+,19?,20+/m1/s1. The van der Waals surface area contributed by atoms with Gasteiger partial charge in [0.15, 0.2) is 0 Å². The monoisotopic (exact) mass is 302 g/mol. The lowest BCUT2D eigenvalue weighted by molar-refractivity contribution is 0.000163. The summed E-state index contributed by atoms with van der Waals surface area (Å²) in [4.78, 5) is 0. The highest BCUT2D eigenvalue weighted by atomic mass is 16.6. The first kappa shape index (κ1) is 12.3. The van der Waals surface area contributed by atoms with Gasteiger partial charge in [-0.15, -0.1) is 0 Å². The fraction of sp³-hybridized carbons (Fsp3) is 0.200. The van der Waals surface area contributed by atoms with Crippen LogP contribution in [0.1, 0.15) is 23.3 Å². The second kappa shape index (κ2) is 3.82. The van der Waals surface area contributed by atoms with Crippen molar-refractivity contribution in [1.82, 2.24) is 0 Å². The van der Waals surface area contributed by atoms with Gasteiger partial charge in [-0.3, -0.25) is 0 Å². The molecule has 0 spiro atoms. The average molecular weight is 302 g/mol. The van der Waals surface area contributed by atoms with Crippen molar-refractivity contribution in [3.05, 3.63) is 59.7 Å². The van der Waals surface area contributed by atoms with E-state index in [0.717, 1.165) is 21.9 Å². The van der Waals surface area contributed by atoms with E-state index in [0.29, 0.717) is 0 Å². The van der Waals surface area contributed by atoms with Gasteiger partial charge in [0.25, 0.3) is 0 Å². The molecule has 2 N–H and O–H groups in total. The second-order valence-electron chi connectivity index (χ2n) is 6.69. The minimum atomic E-state index is -0.879. The van der Waals surface area contributed by atoms with Gasteiger partial charge in [0.1, 0.15) is 24.4 Å². The van der Waals surface area contributed by atoms with E-state index in [9.17, 15) is 10.2 Å². The fourth-order valence-electron chi connectivity index (χ4n) is 4.40. The summed E-state index contributed by atoms with van der Waals surface area (Å²) < 4.78 is 5.67. The molecule has 1 saturated heterocycles. The Kier molecular flexibility index (Phi) is 2.03. The van der Waals surface area contributed by atoms with E-state index in [1.165, 1.54) is 21.5 Å². The normalized spacial score (nSPS) is 29.1. The van der Waals surface area contributed by atoms with Crippen molar-refractivity contribution in [3.63, 3.8) is 0 Å². The van der Waals surface area contributed by atoms with Crippen molar-refractivity contribution >= 4 is 32.3 Å². The lowest BCUT2D eigenvalue weighted by atomic mass is 9.81. The van der Waals surface area contributed by atoms with Gasteiger partial charge in [0.05, 0.1) is 0 Å². The molecule has 1 heterocycles. The summed E-state index contributed by atoms with van der Waals surface area (Å²) in [5, 5.41) is 27.8. The number of hydrogen-bond acceptors (Lipinski definition) is 3. The number of aliphatic hydroxyl groups excluding tert-OH is 2. The van der Waals surface area contributed by atoms with Crippen LogP contribution in [0.3, 0.4) is 0 Å². The minimum absolute atomic E-state index is 0.0898. The molecular weight excluding hydrogens is 288 g/mol. The maximum absolute atomic E-state index is 10.5. The van der Waals surface area contributed by atoms with Crippen LogP contribution in [0.2, 0.25) is 0 Å². The summed E-state index contributed by atoms with van der Waals surface area (Å²) in [7, 11) is 0. The SMILES string of the molecule is O[C@H]1[C@H](O)c2cc3ccc4cccc5ccc(c2C2O[C@H]21)c3c45. The number of fused-ring (bicyclic) bond motifs is 4. The number of epoxide rings is 1. The molecule has 112 valence electrons. The number of ether oxygens (including phenoxy) is 1. The third-order valence-corrected chi connectivity index (χ3v) is 5.51. The Morgan fingerprint density at radius 3 is 2.39 bits per heavy atom. The first-order valence-corrected chi connectivity index (χ1v) is 7.96. The molecule has 1 aliphatic heterocycles.